The third-order valence-corrected chi connectivity index (χ3v) is 5.31. The Bertz CT molecular complexity index is 633. The SMILES string of the molecule is CC(SCC(=O)NCC1(O)CCC1)c1nc2ccccc2[nH]1. The Balaban J connectivity index is 1.48. The number of fused-ring (bicyclic) bond motifs is 1. The number of aromatic amines is 1. The Kier molecular flexibility index (Phi) is 4.40. The molecule has 0 spiro atoms. The molecule has 1 amide bonds. The molecule has 1 unspecified atom stereocenters. The van der Waals surface area contributed by atoms with Crippen LogP contribution >= 0.6 is 11.8 Å². The summed E-state index contributed by atoms with van der Waals surface area (Å²) in [5.41, 5.74) is 1.30. The predicted octanol–water partition coefficient (Wildman–Crippen LogP) is 2.39. The molecule has 0 saturated heterocycles. The molecule has 1 saturated carbocycles. The number of nitrogens with zero attached hydrogens (tertiary/aromatic N) is 1. The van der Waals surface area contributed by atoms with E-state index in [1.54, 1.807) is 11.8 Å². The molecular formula is C16H21N3O2S. The fraction of sp³-hybridized carbons (Fsp3) is 0.500. The minimum Gasteiger partial charge on any atom is -0.388 e. The molecule has 0 radical (unpaired) electrons. The fourth-order valence-corrected chi connectivity index (χ4v) is 3.29. The first-order valence-corrected chi connectivity index (χ1v) is 8.66. The van der Waals surface area contributed by atoms with Gasteiger partial charge < -0.3 is 15.4 Å². The summed E-state index contributed by atoms with van der Waals surface area (Å²) in [5.74, 6) is 1.22. The Hall–Kier alpha value is -1.53. The van der Waals surface area contributed by atoms with E-state index in [2.05, 4.69) is 15.3 Å². The van der Waals surface area contributed by atoms with Gasteiger partial charge in [0.15, 0.2) is 0 Å². The number of thioether (sulfide) groups is 1. The van der Waals surface area contributed by atoms with Gasteiger partial charge >= 0.3 is 0 Å². The van der Waals surface area contributed by atoms with Crippen LogP contribution in [0.3, 0.4) is 0 Å². The lowest BCUT2D eigenvalue weighted by molar-refractivity contribution is -0.121. The minimum atomic E-state index is -0.662. The summed E-state index contributed by atoms with van der Waals surface area (Å²) in [4.78, 5) is 19.7. The largest absolute Gasteiger partial charge is 0.388 e. The molecule has 1 aliphatic rings. The molecule has 1 atom stereocenters. The van der Waals surface area contributed by atoms with Crippen LogP contribution in [0.1, 0.15) is 37.3 Å². The van der Waals surface area contributed by atoms with Gasteiger partial charge in [0, 0.05) is 6.54 Å². The van der Waals surface area contributed by atoms with Crippen molar-refractivity contribution in [3.05, 3.63) is 30.1 Å². The van der Waals surface area contributed by atoms with Crippen LogP contribution in [0.5, 0.6) is 0 Å². The first-order valence-electron chi connectivity index (χ1n) is 7.61. The van der Waals surface area contributed by atoms with Crippen LogP contribution in [0, 0.1) is 0 Å². The molecule has 0 bridgehead atoms. The molecule has 5 nitrogen and oxygen atoms in total. The molecule has 2 aromatic rings. The van der Waals surface area contributed by atoms with Crippen molar-refractivity contribution in [2.24, 2.45) is 0 Å². The molecular weight excluding hydrogens is 298 g/mol. The number of hydrogen-bond acceptors (Lipinski definition) is 4. The van der Waals surface area contributed by atoms with Crippen molar-refractivity contribution < 1.29 is 9.90 Å². The highest BCUT2D eigenvalue weighted by atomic mass is 32.2. The normalized spacial score (nSPS) is 17.9. The molecule has 0 aliphatic heterocycles. The number of nitrogens with one attached hydrogen (secondary N) is 2. The molecule has 1 aromatic carbocycles. The van der Waals surface area contributed by atoms with Gasteiger partial charge in [-0.1, -0.05) is 12.1 Å². The number of rotatable bonds is 6. The molecule has 22 heavy (non-hydrogen) atoms. The van der Waals surface area contributed by atoms with Gasteiger partial charge in [-0.3, -0.25) is 4.79 Å². The van der Waals surface area contributed by atoms with Crippen LogP contribution in [0.15, 0.2) is 24.3 Å². The molecule has 1 aliphatic carbocycles. The summed E-state index contributed by atoms with van der Waals surface area (Å²) < 4.78 is 0. The summed E-state index contributed by atoms with van der Waals surface area (Å²) in [7, 11) is 0. The number of amides is 1. The average Bonchev–Trinajstić information content (AvgIpc) is 2.92. The number of imidazole rings is 1. The predicted molar refractivity (Wildman–Crippen MR) is 88.8 cm³/mol. The van der Waals surface area contributed by atoms with Crippen LogP contribution in [0.2, 0.25) is 0 Å². The number of carbonyl (C=O) groups is 1. The maximum absolute atomic E-state index is 11.9. The van der Waals surface area contributed by atoms with Crippen molar-refractivity contribution in [2.45, 2.75) is 37.0 Å². The number of aromatic nitrogens is 2. The van der Waals surface area contributed by atoms with E-state index in [0.29, 0.717) is 12.3 Å². The molecule has 1 heterocycles. The second-order valence-corrected chi connectivity index (χ2v) is 7.28. The number of para-hydroxylation sites is 2. The van der Waals surface area contributed by atoms with Crippen LogP contribution in [-0.2, 0) is 4.79 Å². The minimum absolute atomic E-state index is 0.0340. The lowest BCUT2D eigenvalue weighted by atomic mass is 9.80. The van der Waals surface area contributed by atoms with E-state index in [4.69, 9.17) is 0 Å². The lowest BCUT2D eigenvalue weighted by Crippen LogP contribution is -2.48. The highest BCUT2D eigenvalue weighted by Gasteiger charge is 2.34. The van der Waals surface area contributed by atoms with Crippen molar-refractivity contribution >= 4 is 28.7 Å². The molecule has 1 fully saturated rings. The standard InChI is InChI=1S/C16H21N3O2S/c1-11(15-18-12-5-2-3-6-13(12)19-15)22-9-14(20)17-10-16(21)7-4-8-16/h2-3,5-6,11,21H,4,7-10H2,1H3,(H,17,20)(H,18,19). The summed E-state index contributed by atoms with van der Waals surface area (Å²) in [6, 6.07) is 7.90. The zero-order valence-electron chi connectivity index (χ0n) is 12.6. The van der Waals surface area contributed by atoms with Gasteiger partial charge in [0.25, 0.3) is 0 Å². The van der Waals surface area contributed by atoms with Crippen molar-refractivity contribution in [3.8, 4) is 0 Å². The quantitative estimate of drug-likeness (QED) is 0.764. The second kappa shape index (κ2) is 6.30. The van der Waals surface area contributed by atoms with Gasteiger partial charge in [0.2, 0.25) is 5.91 Å². The van der Waals surface area contributed by atoms with Gasteiger partial charge in [-0.05, 0) is 38.3 Å². The van der Waals surface area contributed by atoms with Crippen molar-refractivity contribution in [1.29, 1.82) is 0 Å². The zero-order valence-corrected chi connectivity index (χ0v) is 13.4. The number of aliphatic hydroxyl groups is 1. The van der Waals surface area contributed by atoms with Gasteiger partial charge in [0.1, 0.15) is 5.82 Å². The Morgan fingerprint density at radius 1 is 1.50 bits per heavy atom. The lowest BCUT2D eigenvalue weighted by Gasteiger charge is -2.36. The number of benzene rings is 1. The van der Waals surface area contributed by atoms with E-state index < -0.39 is 5.60 Å². The Morgan fingerprint density at radius 3 is 2.95 bits per heavy atom. The summed E-state index contributed by atoms with van der Waals surface area (Å²) >= 11 is 1.54. The maximum Gasteiger partial charge on any atom is 0.230 e. The molecule has 3 rings (SSSR count). The van der Waals surface area contributed by atoms with Crippen molar-refractivity contribution in [2.75, 3.05) is 12.3 Å². The van der Waals surface area contributed by atoms with E-state index in [-0.39, 0.29) is 11.2 Å². The Labute approximate surface area is 133 Å². The van der Waals surface area contributed by atoms with Crippen molar-refractivity contribution in [3.63, 3.8) is 0 Å². The third kappa shape index (κ3) is 3.44. The van der Waals surface area contributed by atoms with Crippen LogP contribution < -0.4 is 5.32 Å². The highest BCUT2D eigenvalue weighted by Crippen LogP contribution is 2.31. The molecule has 118 valence electrons. The van der Waals surface area contributed by atoms with E-state index in [1.807, 2.05) is 31.2 Å². The topological polar surface area (TPSA) is 78.0 Å². The smallest absolute Gasteiger partial charge is 0.230 e. The van der Waals surface area contributed by atoms with E-state index in [9.17, 15) is 9.90 Å². The van der Waals surface area contributed by atoms with Crippen LogP contribution in [-0.4, -0.2) is 38.9 Å². The van der Waals surface area contributed by atoms with Crippen molar-refractivity contribution in [1.82, 2.24) is 15.3 Å². The van der Waals surface area contributed by atoms with Crippen LogP contribution in [0.25, 0.3) is 11.0 Å². The molecule has 6 heteroatoms. The zero-order chi connectivity index (χ0) is 15.6. The number of H-pyrrole nitrogens is 1. The number of carbonyl (C=O) groups excluding carboxylic acids is 1. The van der Waals surface area contributed by atoms with Gasteiger partial charge in [-0.25, -0.2) is 4.98 Å². The summed E-state index contributed by atoms with van der Waals surface area (Å²) in [6.07, 6.45) is 2.62. The maximum atomic E-state index is 11.9. The monoisotopic (exact) mass is 319 g/mol. The van der Waals surface area contributed by atoms with E-state index in [1.165, 1.54) is 0 Å². The van der Waals surface area contributed by atoms with E-state index >= 15 is 0 Å². The fourth-order valence-electron chi connectivity index (χ4n) is 2.52. The van der Waals surface area contributed by atoms with Gasteiger partial charge in [-0.15, -0.1) is 11.8 Å². The summed E-state index contributed by atoms with van der Waals surface area (Å²) in [6.45, 7) is 2.40. The molecule has 1 aromatic heterocycles. The highest BCUT2D eigenvalue weighted by molar-refractivity contribution is 8.00. The first-order chi connectivity index (χ1) is 10.6. The third-order valence-electron chi connectivity index (χ3n) is 4.16. The average molecular weight is 319 g/mol. The van der Waals surface area contributed by atoms with Gasteiger partial charge in [-0.2, -0.15) is 0 Å². The Morgan fingerprint density at radius 2 is 2.27 bits per heavy atom. The summed E-state index contributed by atoms with van der Waals surface area (Å²) in [5, 5.41) is 12.9. The van der Waals surface area contributed by atoms with E-state index in [0.717, 1.165) is 36.1 Å². The van der Waals surface area contributed by atoms with Gasteiger partial charge in [0.05, 0.1) is 27.6 Å². The molecule has 3 N–H and O–H groups in total. The van der Waals surface area contributed by atoms with Crippen LogP contribution in [0.4, 0.5) is 0 Å². The second-order valence-electron chi connectivity index (χ2n) is 5.95. The first kappa shape index (κ1) is 15.4. The number of hydrogen-bond donors (Lipinski definition) is 3.